The Labute approximate surface area is 158 Å². The minimum atomic E-state index is 0.226. The quantitative estimate of drug-likeness (QED) is 0.797. The molecule has 0 radical (unpaired) electrons. The Kier molecular flexibility index (Phi) is 5.86. The molecule has 1 aromatic carbocycles. The second-order valence-electron chi connectivity index (χ2n) is 6.31. The van der Waals surface area contributed by atoms with E-state index in [9.17, 15) is 4.79 Å². The number of amides is 1. The molecule has 0 saturated carbocycles. The Bertz CT molecular complexity index is 738. The maximum absolute atomic E-state index is 12.4. The van der Waals surface area contributed by atoms with Crippen LogP contribution < -0.4 is 4.90 Å². The first kappa shape index (κ1) is 18.1. The van der Waals surface area contributed by atoms with Crippen LogP contribution in [0.4, 0.5) is 5.69 Å². The van der Waals surface area contributed by atoms with Gasteiger partial charge in [0.2, 0.25) is 5.91 Å². The van der Waals surface area contributed by atoms with Crippen LogP contribution in [0.5, 0.6) is 0 Å². The molecule has 1 aliphatic heterocycles. The normalized spacial score (nSPS) is 14.8. The highest BCUT2D eigenvalue weighted by molar-refractivity contribution is 6.36. The van der Waals surface area contributed by atoms with Gasteiger partial charge >= 0.3 is 0 Å². The standard InChI is InChI=1S/C18H22Cl2N4O/c1-22-13-21-12-15(22)3-2-4-18(25)24-9-7-23(8-10-24)17-6-5-14(19)11-16(17)20/h5-6,11-13H,2-4,7-10H2,1H3. The summed E-state index contributed by atoms with van der Waals surface area (Å²) in [5.41, 5.74) is 2.14. The summed E-state index contributed by atoms with van der Waals surface area (Å²) in [6, 6.07) is 5.54. The van der Waals surface area contributed by atoms with Gasteiger partial charge < -0.3 is 14.4 Å². The lowest BCUT2D eigenvalue weighted by atomic mass is 10.1. The van der Waals surface area contributed by atoms with E-state index in [0.717, 1.165) is 50.4 Å². The summed E-state index contributed by atoms with van der Waals surface area (Å²) in [6.45, 7) is 3.02. The van der Waals surface area contributed by atoms with E-state index in [1.165, 1.54) is 0 Å². The molecule has 2 aromatic rings. The van der Waals surface area contributed by atoms with Crippen molar-refractivity contribution in [2.75, 3.05) is 31.1 Å². The maximum Gasteiger partial charge on any atom is 0.222 e. The maximum atomic E-state index is 12.4. The van der Waals surface area contributed by atoms with Crippen molar-refractivity contribution in [3.63, 3.8) is 0 Å². The van der Waals surface area contributed by atoms with Crippen LogP contribution in [0.1, 0.15) is 18.5 Å². The highest BCUT2D eigenvalue weighted by Gasteiger charge is 2.22. The number of halogens is 2. The Hall–Kier alpha value is -1.72. The van der Waals surface area contributed by atoms with Crippen molar-refractivity contribution < 1.29 is 4.79 Å². The molecule has 1 aromatic heterocycles. The first-order valence-corrected chi connectivity index (χ1v) is 9.23. The third-order valence-corrected chi connectivity index (χ3v) is 5.16. The zero-order chi connectivity index (χ0) is 17.8. The van der Waals surface area contributed by atoms with Crippen molar-refractivity contribution in [2.24, 2.45) is 7.05 Å². The molecule has 0 spiro atoms. The molecule has 1 aliphatic rings. The van der Waals surface area contributed by atoms with Gasteiger partial charge in [-0.2, -0.15) is 0 Å². The second kappa shape index (κ2) is 8.11. The molecule has 3 rings (SSSR count). The van der Waals surface area contributed by atoms with E-state index in [2.05, 4.69) is 9.88 Å². The van der Waals surface area contributed by atoms with Gasteiger partial charge in [0.25, 0.3) is 0 Å². The third kappa shape index (κ3) is 4.47. The molecule has 5 nitrogen and oxygen atoms in total. The van der Waals surface area contributed by atoms with Crippen molar-refractivity contribution in [1.82, 2.24) is 14.5 Å². The number of hydrogen-bond acceptors (Lipinski definition) is 3. The fraction of sp³-hybridized carbons (Fsp3) is 0.444. The molecule has 0 bridgehead atoms. The first-order chi connectivity index (χ1) is 12.0. The largest absolute Gasteiger partial charge is 0.367 e. The minimum Gasteiger partial charge on any atom is -0.367 e. The number of aromatic nitrogens is 2. The Morgan fingerprint density at radius 1 is 1.20 bits per heavy atom. The van der Waals surface area contributed by atoms with Crippen molar-refractivity contribution in [3.05, 3.63) is 46.5 Å². The molecular formula is C18H22Cl2N4O. The van der Waals surface area contributed by atoms with Crippen LogP contribution >= 0.6 is 23.2 Å². The summed E-state index contributed by atoms with van der Waals surface area (Å²) in [4.78, 5) is 20.7. The van der Waals surface area contributed by atoms with E-state index < -0.39 is 0 Å². The highest BCUT2D eigenvalue weighted by Crippen LogP contribution is 2.29. The van der Waals surface area contributed by atoms with Crippen LogP contribution in [0.15, 0.2) is 30.7 Å². The Morgan fingerprint density at radius 3 is 2.60 bits per heavy atom. The first-order valence-electron chi connectivity index (χ1n) is 8.47. The van der Waals surface area contributed by atoms with Gasteiger partial charge in [-0.05, 0) is 31.0 Å². The number of carbonyl (C=O) groups excluding carboxylic acids is 1. The number of rotatable bonds is 5. The lowest BCUT2D eigenvalue weighted by Gasteiger charge is -2.36. The molecule has 134 valence electrons. The van der Waals surface area contributed by atoms with Gasteiger partial charge in [-0.25, -0.2) is 4.98 Å². The molecule has 25 heavy (non-hydrogen) atoms. The highest BCUT2D eigenvalue weighted by atomic mass is 35.5. The fourth-order valence-electron chi connectivity index (χ4n) is 3.14. The van der Waals surface area contributed by atoms with Crippen LogP contribution in [0, 0.1) is 0 Å². The number of aryl methyl sites for hydroxylation is 2. The van der Waals surface area contributed by atoms with E-state index in [4.69, 9.17) is 23.2 Å². The van der Waals surface area contributed by atoms with Gasteiger partial charge in [0.05, 0.1) is 17.0 Å². The minimum absolute atomic E-state index is 0.226. The van der Waals surface area contributed by atoms with E-state index in [-0.39, 0.29) is 5.91 Å². The lowest BCUT2D eigenvalue weighted by Crippen LogP contribution is -2.48. The zero-order valence-electron chi connectivity index (χ0n) is 14.3. The fourth-order valence-corrected chi connectivity index (χ4v) is 3.67. The van der Waals surface area contributed by atoms with Crippen LogP contribution in [0.2, 0.25) is 10.0 Å². The molecule has 0 N–H and O–H groups in total. The average Bonchev–Trinajstić information content (AvgIpc) is 3.00. The number of imidazole rings is 1. The molecule has 1 saturated heterocycles. The van der Waals surface area contributed by atoms with Gasteiger partial charge in [-0.1, -0.05) is 23.2 Å². The summed E-state index contributed by atoms with van der Waals surface area (Å²) in [6.07, 6.45) is 5.95. The van der Waals surface area contributed by atoms with Crippen molar-refractivity contribution >= 4 is 34.8 Å². The average molecular weight is 381 g/mol. The molecule has 0 aliphatic carbocycles. The van der Waals surface area contributed by atoms with Crippen molar-refractivity contribution in [1.29, 1.82) is 0 Å². The monoisotopic (exact) mass is 380 g/mol. The van der Waals surface area contributed by atoms with Crippen LogP contribution in [0.25, 0.3) is 0 Å². The summed E-state index contributed by atoms with van der Waals surface area (Å²) in [5, 5.41) is 1.29. The van der Waals surface area contributed by atoms with Crippen LogP contribution in [-0.4, -0.2) is 46.5 Å². The molecule has 7 heteroatoms. The Morgan fingerprint density at radius 2 is 1.96 bits per heavy atom. The number of carbonyl (C=O) groups is 1. The number of benzene rings is 1. The number of nitrogens with zero attached hydrogens (tertiary/aromatic N) is 4. The zero-order valence-corrected chi connectivity index (χ0v) is 15.8. The van der Waals surface area contributed by atoms with Gasteiger partial charge in [0, 0.05) is 56.6 Å². The molecule has 1 amide bonds. The van der Waals surface area contributed by atoms with E-state index in [1.807, 2.05) is 34.8 Å². The summed E-state index contributed by atoms with van der Waals surface area (Å²) < 4.78 is 2.00. The van der Waals surface area contributed by atoms with Gasteiger partial charge in [-0.3, -0.25) is 4.79 Å². The van der Waals surface area contributed by atoms with E-state index in [0.29, 0.717) is 16.5 Å². The topological polar surface area (TPSA) is 41.4 Å². The molecule has 0 atom stereocenters. The summed E-state index contributed by atoms with van der Waals surface area (Å²) in [7, 11) is 1.98. The van der Waals surface area contributed by atoms with E-state index in [1.54, 1.807) is 12.4 Å². The van der Waals surface area contributed by atoms with Crippen LogP contribution in [0.3, 0.4) is 0 Å². The van der Waals surface area contributed by atoms with Gasteiger partial charge in [0.15, 0.2) is 0 Å². The van der Waals surface area contributed by atoms with Crippen molar-refractivity contribution in [2.45, 2.75) is 19.3 Å². The summed E-state index contributed by atoms with van der Waals surface area (Å²) in [5.74, 6) is 0.226. The smallest absolute Gasteiger partial charge is 0.222 e. The van der Waals surface area contributed by atoms with E-state index >= 15 is 0 Å². The molecule has 2 heterocycles. The number of anilines is 1. The van der Waals surface area contributed by atoms with Crippen LogP contribution in [-0.2, 0) is 18.3 Å². The summed E-state index contributed by atoms with van der Waals surface area (Å²) >= 11 is 12.2. The predicted molar refractivity (Wildman–Crippen MR) is 101 cm³/mol. The van der Waals surface area contributed by atoms with Crippen molar-refractivity contribution in [3.8, 4) is 0 Å². The molecule has 1 fully saturated rings. The predicted octanol–water partition coefficient (Wildman–Crippen LogP) is 3.40. The third-order valence-electron chi connectivity index (χ3n) is 4.62. The number of piperazine rings is 1. The van der Waals surface area contributed by atoms with Gasteiger partial charge in [-0.15, -0.1) is 0 Å². The molecule has 0 unspecified atom stereocenters. The molecular weight excluding hydrogens is 359 g/mol. The second-order valence-corrected chi connectivity index (χ2v) is 7.16. The Balaban J connectivity index is 1.46. The lowest BCUT2D eigenvalue weighted by molar-refractivity contribution is -0.131. The van der Waals surface area contributed by atoms with Gasteiger partial charge in [0.1, 0.15) is 0 Å². The number of hydrogen-bond donors (Lipinski definition) is 0. The SMILES string of the molecule is Cn1cncc1CCCC(=O)N1CCN(c2ccc(Cl)cc2Cl)CC1.